The van der Waals surface area contributed by atoms with Crippen LogP contribution in [-0.4, -0.2) is 75.5 Å². The highest BCUT2D eigenvalue weighted by atomic mass is 16.2. The van der Waals surface area contributed by atoms with Crippen molar-refractivity contribution in [2.24, 2.45) is 0 Å². The number of hydrogen-bond acceptors (Lipinski definition) is 4. The van der Waals surface area contributed by atoms with Gasteiger partial charge in [-0.15, -0.1) is 0 Å². The number of nitrogens with zero attached hydrogens (tertiary/aromatic N) is 2. The molecule has 0 heterocycles. The minimum Gasteiger partial charge on any atom is -0.355 e. The van der Waals surface area contributed by atoms with Gasteiger partial charge in [-0.2, -0.15) is 0 Å². The molecule has 2 N–H and O–H groups in total. The van der Waals surface area contributed by atoms with Gasteiger partial charge in [-0.3, -0.25) is 14.5 Å². The summed E-state index contributed by atoms with van der Waals surface area (Å²) in [6.07, 6.45) is 0.899. The number of amides is 2. The quantitative estimate of drug-likeness (QED) is 0.564. The first kappa shape index (κ1) is 16.9. The van der Waals surface area contributed by atoms with Gasteiger partial charge < -0.3 is 15.5 Å². The fourth-order valence-corrected chi connectivity index (χ4v) is 1.36. The zero-order chi connectivity index (χ0) is 14.0. The molecule has 0 bridgehead atoms. The average Bonchev–Trinajstić information content (AvgIpc) is 2.33. The SMILES string of the molecule is CCCNC(=O)CN(C)C(=O)CN(C)CCNC. The van der Waals surface area contributed by atoms with Crippen LogP contribution in [0.3, 0.4) is 0 Å². The van der Waals surface area contributed by atoms with E-state index in [0.29, 0.717) is 13.1 Å². The van der Waals surface area contributed by atoms with Crippen LogP contribution in [0.25, 0.3) is 0 Å². The molecule has 0 aromatic rings. The number of rotatable bonds is 9. The summed E-state index contributed by atoms with van der Waals surface area (Å²) in [6.45, 7) is 4.75. The van der Waals surface area contributed by atoms with E-state index in [9.17, 15) is 9.59 Å². The number of likely N-dealkylation sites (N-methyl/N-ethyl adjacent to an activating group) is 3. The number of hydrogen-bond donors (Lipinski definition) is 2. The van der Waals surface area contributed by atoms with E-state index in [1.165, 1.54) is 4.90 Å². The molecule has 18 heavy (non-hydrogen) atoms. The smallest absolute Gasteiger partial charge is 0.239 e. The molecule has 2 amide bonds. The maximum atomic E-state index is 11.8. The molecule has 0 aliphatic heterocycles. The zero-order valence-corrected chi connectivity index (χ0v) is 12.0. The summed E-state index contributed by atoms with van der Waals surface area (Å²) in [5.74, 6) is -0.147. The van der Waals surface area contributed by atoms with Crippen molar-refractivity contribution in [2.75, 3.05) is 53.9 Å². The summed E-state index contributed by atoms with van der Waals surface area (Å²) in [5, 5.41) is 5.78. The van der Waals surface area contributed by atoms with Crippen molar-refractivity contribution in [1.29, 1.82) is 0 Å². The van der Waals surface area contributed by atoms with Gasteiger partial charge in [0.05, 0.1) is 13.1 Å². The van der Waals surface area contributed by atoms with Crippen molar-refractivity contribution >= 4 is 11.8 Å². The molecule has 0 saturated carbocycles. The van der Waals surface area contributed by atoms with E-state index in [1.807, 2.05) is 25.9 Å². The van der Waals surface area contributed by atoms with Gasteiger partial charge in [0, 0.05) is 26.7 Å². The topological polar surface area (TPSA) is 64.7 Å². The van der Waals surface area contributed by atoms with E-state index in [1.54, 1.807) is 7.05 Å². The second kappa shape index (κ2) is 9.85. The fraction of sp³-hybridized carbons (Fsp3) is 0.833. The van der Waals surface area contributed by atoms with Gasteiger partial charge in [-0.05, 0) is 20.5 Å². The lowest BCUT2D eigenvalue weighted by Gasteiger charge is -2.21. The van der Waals surface area contributed by atoms with Crippen molar-refractivity contribution in [3.8, 4) is 0 Å². The molecule has 0 aliphatic rings. The highest BCUT2D eigenvalue weighted by molar-refractivity contribution is 5.85. The molecule has 106 valence electrons. The summed E-state index contributed by atoms with van der Waals surface area (Å²) < 4.78 is 0. The van der Waals surface area contributed by atoms with Crippen molar-refractivity contribution in [3.05, 3.63) is 0 Å². The second-order valence-corrected chi connectivity index (χ2v) is 4.44. The van der Waals surface area contributed by atoms with E-state index in [0.717, 1.165) is 19.5 Å². The number of carbonyl (C=O) groups is 2. The van der Waals surface area contributed by atoms with Crippen LogP contribution in [0.4, 0.5) is 0 Å². The molecular weight excluding hydrogens is 232 g/mol. The Hall–Kier alpha value is -1.14. The van der Waals surface area contributed by atoms with Gasteiger partial charge in [-0.25, -0.2) is 0 Å². The molecule has 0 spiro atoms. The Morgan fingerprint density at radius 1 is 1.11 bits per heavy atom. The molecule has 0 radical (unpaired) electrons. The maximum Gasteiger partial charge on any atom is 0.239 e. The van der Waals surface area contributed by atoms with E-state index in [4.69, 9.17) is 0 Å². The van der Waals surface area contributed by atoms with Gasteiger partial charge in [0.2, 0.25) is 11.8 Å². The van der Waals surface area contributed by atoms with E-state index in [2.05, 4.69) is 10.6 Å². The molecule has 0 rings (SSSR count). The summed E-state index contributed by atoms with van der Waals surface area (Å²) >= 11 is 0. The van der Waals surface area contributed by atoms with Crippen LogP contribution in [0.2, 0.25) is 0 Å². The first-order valence-electron chi connectivity index (χ1n) is 6.35. The van der Waals surface area contributed by atoms with Crippen LogP contribution in [0.15, 0.2) is 0 Å². The molecule has 0 aromatic heterocycles. The van der Waals surface area contributed by atoms with Crippen molar-refractivity contribution in [2.45, 2.75) is 13.3 Å². The maximum absolute atomic E-state index is 11.8. The third kappa shape index (κ3) is 8.03. The monoisotopic (exact) mass is 258 g/mol. The predicted octanol–water partition coefficient (Wildman–Crippen LogP) is -0.878. The minimum atomic E-state index is -0.106. The Labute approximate surface area is 110 Å². The average molecular weight is 258 g/mol. The van der Waals surface area contributed by atoms with Gasteiger partial charge in [-0.1, -0.05) is 6.92 Å². The normalized spacial score (nSPS) is 10.5. The molecule has 0 fully saturated rings. The first-order chi connectivity index (χ1) is 8.51. The van der Waals surface area contributed by atoms with Gasteiger partial charge in [0.1, 0.15) is 0 Å². The molecule has 0 aromatic carbocycles. The van der Waals surface area contributed by atoms with Crippen LogP contribution in [-0.2, 0) is 9.59 Å². The van der Waals surface area contributed by atoms with Crippen molar-refractivity contribution in [3.63, 3.8) is 0 Å². The summed E-state index contributed by atoms with van der Waals surface area (Å²) in [4.78, 5) is 26.6. The third-order valence-corrected chi connectivity index (χ3v) is 2.53. The molecule has 6 heteroatoms. The highest BCUT2D eigenvalue weighted by Crippen LogP contribution is 1.89. The van der Waals surface area contributed by atoms with Gasteiger partial charge in [0.15, 0.2) is 0 Å². The van der Waals surface area contributed by atoms with Gasteiger partial charge >= 0.3 is 0 Å². The van der Waals surface area contributed by atoms with E-state index >= 15 is 0 Å². The fourth-order valence-electron chi connectivity index (χ4n) is 1.36. The molecule has 0 saturated heterocycles. The summed E-state index contributed by atoms with van der Waals surface area (Å²) in [6, 6.07) is 0. The number of carbonyl (C=O) groups excluding carboxylic acids is 2. The number of nitrogens with one attached hydrogen (secondary N) is 2. The van der Waals surface area contributed by atoms with Crippen LogP contribution < -0.4 is 10.6 Å². The minimum absolute atomic E-state index is 0.0414. The van der Waals surface area contributed by atoms with Crippen LogP contribution in [0.1, 0.15) is 13.3 Å². The van der Waals surface area contributed by atoms with Crippen LogP contribution in [0, 0.1) is 0 Å². The molecule has 0 atom stereocenters. The van der Waals surface area contributed by atoms with Crippen molar-refractivity contribution in [1.82, 2.24) is 20.4 Å². The standard InChI is InChI=1S/C12H26N4O2/c1-5-6-14-11(17)9-16(4)12(18)10-15(3)8-7-13-2/h13H,5-10H2,1-4H3,(H,14,17). The van der Waals surface area contributed by atoms with E-state index in [-0.39, 0.29) is 18.4 Å². The third-order valence-electron chi connectivity index (χ3n) is 2.53. The van der Waals surface area contributed by atoms with Gasteiger partial charge in [0.25, 0.3) is 0 Å². The highest BCUT2D eigenvalue weighted by Gasteiger charge is 2.14. The molecule has 6 nitrogen and oxygen atoms in total. The Morgan fingerprint density at radius 2 is 1.78 bits per heavy atom. The molecular formula is C12H26N4O2. The lowest BCUT2D eigenvalue weighted by molar-refractivity contribution is -0.135. The predicted molar refractivity (Wildman–Crippen MR) is 72.4 cm³/mol. The first-order valence-corrected chi connectivity index (χ1v) is 6.35. The van der Waals surface area contributed by atoms with E-state index < -0.39 is 0 Å². The summed E-state index contributed by atoms with van der Waals surface area (Å²) in [5.41, 5.74) is 0. The lowest BCUT2D eigenvalue weighted by atomic mass is 10.4. The van der Waals surface area contributed by atoms with Crippen molar-refractivity contribution < 1.29 is 9.59 Å². The Bertz CT molecular complexity index is 258. The lowest BCUT2D eigenvalue weighted by Crippen LogP contribution is -2.43. The summed E-state index contributed by atoms with van der Waals surface area (Å²) in [7, 11) is 5.42. The Kier molecular flexibility index (Phi) is 9.22. The largest absolute Gasteiger partial charge is 0.355 e. The molecule has 0 unspecified atom stereocenters. The zero-order valence-electron chi connectivity index (χ0n) is 12.0. The molecule has 0 aliphatic carbocycles. The van der Waals surface area contributed by atoms with Crippen LogP contribution >= 0.6 is 0 Å². The van der Waals surface area contributed by atoms with Crippen LogP contribution in [0.5, 0.6) is 0 Å². The second-order valence-electron chi connectivity index (χ2n) is 4.44. The Balaban J connectivity index is 3.91. The Morgan fingerprint density at radius 3 is 2.33 bits per heavy atom.